The first-order valence-corrected chi connectivity index (χ1v) is 6.24. The Hall–Kier alpha value is -1.38. The first kappa shape index (κ1) is 14.0. The second kappa shape index (κ2) is 4.33. The van der Waals surface area contributed by atoms with Gasteiger partial charge in [0, 0.05) is 5.46 Å². The largest absolute Gasteiger partial charge is 0.497 e. The van der Waals surface area contributed by atoms with E-state index in [9.17, 15) is 4.39 Å². The molecule has 0 atom stereocenters. The summed E-state index contributed by atoms with van der Waals surface area (Å²) in [6.07, 6.45) is 0. The lowest BCUT2D eigenvalue weighted by molar-refractivity contribution is 0.00578. The minimum atomic E-state index is -0.780. The molecular formula is C14H17BFNO2. The Morgan fingerprint density at radius 1 is 1.16 bits per heavy atom. The van der Waals surface area contributed by atoms with Crippen LogP contribution in [-0.4, -0.2) is 18.3 Å². The Morgan fingerprint density at radius 3 is 2.16 bits per heavy atom. The van der Waals surface area contributed by atoms with Crippen LogP contribution in [0, 0.1) is 24.1 Å². The first-order chi connectivity index (χ1) is 8.69. The molecule has 1 fully saturated rings. The summed E-state index contributed by atoms with van der Waals surface area (Å²) >= 11 is 0. The number of benzene rings is 1. The van der Waals surface area contributed by atoms with Crippen molar-refractivity contribution >= 4 is 12.6 Å². The van der Waals surface area contributed by atoms with Crippen LogP contribution < -0.4 is 5.46 Å². The molecule has 1 aromatic carbocycles. The molecule has 0 aromatic heterocycles. The maximum Gasteiger partial charge on any atom is 0.497 e. The number of hydrogen-bond acceptors (Lipinski definition) is 3. The molecule has 1 aromatic rings. The van der Waals surface area contributed by atoms with Gasteiger partial charge in [0.1, 0.15) is 11.9 Å². The molecule has 0 N–H and O–H groups in total. The Labute approximate surface area is 113 Å². The predicted octanol–water partition coefficient (Wildman–Crippen LogP) is 2.31. The molecular weight excluding hydrogens is 244 g/mol. The second-order valence-corrected chi connectivity index (χ2v) is 5.86. The minimum absolute atomic E-state index is 0.0483. The Bertz CT molecular complexity index is 547. The molecule has 0 unspecified atom stereocenters. The number of rotatable bonds is 1. The summed E-state index contributed by atoms with van der Waals surface area (Å²) in [5.41, 5.74) is -0.114. The molecule has 2 rings (SSSR count). The molecule has 0 radical (unpaired) electrons. The van der Waals surface area contributed by atoms with Gasteiger partial charge < -0.3 is 9.31 Å². The van der Waals surface area contributed by atoms with Crippen LogP contribution in [-0.2, 0) is 9.31 Å². The normalized spacial score (nSPS) is 20.4. The highest BCUT2D eigenvalue weighted by Crippen LogP contribution is 2.36. The monoisotopic (exact) mass is 261 g/mol. The summed E-state index contributed by atoms with van der Waals surface area (Å²) in [5, 5.41) is 9.00. The highest BCUT2D eigenvalue weighted by Gasteiger charge is 2.52. The number of halogens is 1. The Kier molecular flexibility index (Phi) is 3.20. The van der Waals surface area contributed by atoms with Crippen molar-refractivity contribution in [2.24, 2.45) is 0 Å². The van der Waals surface area contributed by atoms with Gasteiger partial charge in [0.15, 0.2) is 0 Å². The topological polar surface area (TPSA) is 42.2 Å². The third-order valence-corrected chi connectivity index (χ3v) is 4.00. The van der Waals surface area contributed by atoms with Gasteiger partial charge >= 0.3 is 7.12 Å². The van der Waals surface area contributed by atoms with E-state index in [0.717, 1.165) is 0 Å². The van der Waals surface area contributed by atoms with Gasteiger partial charge in [-0.2, -0.15) is 5.26 Å². The highest BCUT2D eigenvalue weighted by atomic mass is 19.1. The van der Waals surface area contributed by atoms with E-state index < -0.39 is 24.1 Å². The van der Waals surface area contributed by atoms with E-state index in [0.29, 0.717) is 5.56 Å². The van der Waals surface area contributed by atoms with Crippen molar-refractivity contribution in [3.8, 4) is 6.07 Å². The van der Waals surface area contributed by atoms with Crippen LogP contribution in [0.4, 0.5) is 4.39 Å². The summed E-state index contributed by atoms with van der Waals surface area (Å²) in [7, 11) is -0.780. The van der Waals surface area contributed by atoms with Crippen LogP contribution >= 0.6 is 0 Å². The van der Waals surface area contributed by atoms with Gasteiger partial charge in [-0.15, -0.1) is 0 Å². The standard InChI is InChI=1S/C14H17BFNO2/c1-9-6-7-11(12(16)10(9)8-17)15-18-13(2,3)14(4,5)19-15/h6-7H,1-5H3. The third kappa shape index (κ3) is 2.15. The predicted molar refractivity (Wildman–Crippen MR) is 71.6 cm³/mol. The van der Waals surface area contributed by atoms with Gasteiger partial charge in [0.2, 0.25) is 0 Å². The van der Waals surface area contributed by atoms with Crippen LogP contribution in [0.1, 0.15) is 38.8 Å². The van der Waals surface area contributed by atoms with Crippen molar-refractivity contribution in [2.45, 2.75) is 45.8 Å². The molecule has 0 spiro atoms. The molecule has 0 aliphatic carbocycles. The average Bonchev–Trinajstić information content (AvgIpc) is 2.48. The molecule has 1 aliphatic rings. The van der Waals surface area contributed by atoms with Gasteiger partial charge in [-0.3, -0.25) is 0 Å². The van der Waals surface area contributed by atoms with Gasteiger partial charge in [-0.25, -0.2) is 4.39 Å². The van der Waals surface area contributed by atoms with Crippen LogP contribution in [0.2, 0.25) is 0 Å². The quantitative estimate of drug-likeness (QED) is 0.728. The second-order valence-electron chi connectivity index (χ2n) is 5.86. The van der Waals surface area contributed by atoms with Crippen molar-refractivity contribution in [1.29, 1.82) is 5.26 Å². The molecule has 0 amide bonds. The first-order valence-electron chi connectivity index (χ1n) is 6.24. The fourth-order valence-electron chi connectivity index (χ4n) is 1.98. The number of nitrogens with zero attached hydrogens (tertiary/aromatic N) is 1. The van der Waals surface area contributed by atoms with Gasteiger partial charge in [0.05, 0.1) is 16.8 Å². The fourth-order valence-corrected chi connectivity index (χ4v) is 1.98. The van der Waals surface area contributed by atoms with E-state index in [1.807, 2.05) is 33.8 Å². The molecule has 0 saturated carbocycles. The molecule has 1 aliphatic heterocycles. The Morgan fingerprint density at radius 2 is 1.68 bits per heavy atom. The van der Waals surface area contributed by atoms with Crippen LogP contribution in [0.25, 0.3) is 0 Å². The maximum atomic E-state index is 14.3. The van der Waals surface area contributed by atoms with Crippen molar-refractivity contribution in [1.82, 2.24) is 0 Å². The minimum Gasteiger partial charge on any atom is -0.399 e. The molecule has 5 heteroatoms. The van der Waals surface area contributed by atoms with Crippen molar-refractivity contribution in [3.05, 3.63) is 29.1 Å². The van der Waals surface area contributed by atoms with Crippen LogP contribution in [0.3, 0.4) is 0 Å². The number of nitriles is 1. The molecule has 19 heavy (non-hydrogen) atoms. The van der Waals surface area contributed by atoms with Crippen LogP contribution in [0.15, 0.2) is 12.1 Å². The van der Waals surface area contributed by atoms with E-state index in [2.05, 4.69) is 0 Å². The summed E-state index contributed by atoms with van der Waals surface area (Å²) in [6, 6.07) is 5.21. The fraction of sp³-hybridized carbons (Fsp3) is 0.500. The van der Waals surface area contributed by atoms with E-state index in [1.165, 1.54) is 0 Å². The lowest BCUT2D eigenvalue weighted by Crippen LogP contribution is -2.41. The molecule has 1 heterocycles. The summed E-state index contributed by atoms with van der Waals surface area (Å²) < 4.78 is 25.9. The van der Waals surface area contributed by atoms with E-state index in [-0.39, 0.29) is 11.0 Å². The van der Waals surface area contributed by atoms with E-state index in [1.54, 1.807) is 19.1 Å². The summed E-state index contributed by atoms with van der Waals surface area (Å²) in [4.78, 5) is 0. The van der Waals surface area contributed by atoms with Crippen LogP contribution in [0.5, 0.6) is 0 Å². The lowest BCUT2D eigenvalue weighted by Gasteiger charge is -2.32. The molecule has 3 nitrogen and oxygen atoms in total. The number of hydrogen-bond donors (Lipinski definition) is 0. The maximum absolute atomic E-state index is 14.3. The number of aryl methyl sites for hydroxylation is 1. The highest BCUT2D eigenvalue weighted by molar-refractivity contribution is 6.62. The van der Waals surface area contributed by atoms with Gasteiger partial charge in [-0.1, -0.05) is 12.1 Å². The lowest BCUT2D eigenvalue weighted by atomic mass is 9.77. The zero-order valence-corrected chi connectivity index (χ0v) is 11.9. The summed E-state index contributed by atoms with van der Waals surface area (Å²) in [6.45, 7) is 9.33. The zero-order chi connectivity index (χ0) is 14.4. The van der Waals surface area contributed by atoms with E-state index in [4.69, 9.17) is 14.6 Å². The average molecular weight is 261 g/mol. The van der Waals surface area contributed by atoms with Gasteiger partial charge in [0.25, 0.3) is 0 Å². The van der Waals surface area contributed by atoms with Gasteiger partial charge in [-0.05, 0) is 40.2 Å². The summed E-state index contributed by atoms with van der Waals surface area (Å²) in [5.74, 6) is -0.555. The Balaban J connectivity index is 2.44. The van der Waals surface area contributed by atoms with Crippen molar-refractivity contribution < 1.29 is 13.7 Å². The molecule has 0 bridgehead atoms. The SMILES string of the molecule is Cc1ccc(B2OC(C)(C)C(C)(C)O2)c(F)c1C#N. The smallest absolute Gasteiger partial charge is 0.399 e. The van der Waals surface area contributed by atoms with E-state index >= 15 is 0 Å². The molecule has 1 saturated heterocycles. The third-order valence-electron chi connectivity index (χ3n) is 4.00. The molecule has 100 valence electrons. The zero-order valence-electron chi connectivity index (χ0n) is 11.9. The van der Waals surface area contributed by atoms with Crippen molar-refractivity contribution in [2.75, 3.05) is 0 Å². The van der Waals surface area contributed by atoms with Crippen molar-refractivity contribution in [3.63, 3.8) is 0 Å².